The molecule has 1 aliphatic heterocycles. The maximum atomic E-state index is 12.5. The van der Waals surface area contributed by atoms with Crippen molar-refractivity contribution in [3.05, 3.63) is 75.6 Å². The van der Waals surface area contributed by atoms with Gasteiger partial charge in [0.15, 0.2) is 5.43 Å². The number of piperazine rings is 1. The lowest BCUT2D eigenvalue weighted by atomic mass is 10.1. The molecular weight excluding hydrogens is 350 g/mol. The third-order valence-electron chi connectivity index (χ3n) is 5.49. The molecule has 1 aliphatic rings. The SMILES string of the molecule is COc1ccccc1CN1CCN(Cc2cc(=O)c3cc(C)ccc3[nH]2)CC1. The first kappa shape index (κ1) is 18.7. The quantitative estimate of drug-likeness (QED) is 0.742. The van der Waals surface area contributed by atoms with Gasteiger partial charge in [0.1, 0.15) is 5.75 Å². The van der Waals surface area contributed by atoms with Crippen molar-refractivity contribution in [2.45, 2.75) is 20.0 Å². The lowest BCUT2D eigenvalue weighted by Crippen LogP contribution is -2.45. The number of H-pyrrole nitrogens is 1. The zero-order chi connectivity index (χ0) is 19.5. The van der Waals surface area contributed by atoms with Crippen LogP contribution in [0.25, 0.3) is 10.9 Å². The summed E-state index contributed by atoms with van der Waals surface area (Å²) >= 11 is 0. The number of benzene rings is 2. The largest absolute Gasteiger partial charge is 0.496 e. The van der Waals surface area contributed by atoms with Crippen LogP contribution < -0.4 is 10.2 Å². The van der Waals surface area contributed by atoms with Crippen molar-refractivity contribution in [3.8, 4) is 5.75 Å². The van der Waals surface area contributed by atoms with Gasteiger partial charge in [-0.15, -0.1) is 0 Å². The summed E-state index contributed by atoms with van der Waals surface area (Å²) in [5.74, 6) is 0.953. The van der Waals surface area contributed by atoms with Crippen molar-refractivity contribution in [2.75, 3.05) is 33.3 Å². The number of ether oxygens (including phenoxy) is 1. The molecule has 1 N–H and O–H groups in total. The van der Waals surface area contributed by atoms with Crippen LogP contribution in [0.15, 0.2) is 53.3 Å². The minimum atomic E-state index is 0.0993. The average Bonchev–Trinajstić information content (AvgIpc) is 2.70. The molecule has 0 saturated carbocycles. The maximum Gasteiger partial charge on any atom is 0.189 e. The third-order valence-corrected chi connectivity index (χ3v) is 5.49. The van der Waals surface area contributed by atoms with E-state index in [2.05, 4.69) is 26.9 Å². The molecule has 3 aromatic rings. The number of hydrogen-bond donors (Lipinski definition) is 1. The van der Waals surface area contributed by atoms with Crippen LogP contribution >= 0.6 is 0 Å². The minimum Gasteiger partial charge on any atom is -0.496 e. The summed E-state index contributed by atoms with van der Waals surface area (Å²) < 4.78 is 5.47. The monoisotopic (exact) mass is 377 g/mol. The lowest BCUT2D eigenvalue weighted by Gasteiger charge is -2.34. The number of nitrogens with one attached hydrogen (secondary N) is 1. The second-order valence-corrected chi connectivity index (χ2v) is 7.57. The van der Waals surface area contributed by atoms with Crippen LogP contribution in [-0.4, -0.2) is 48.1 Å². The summed E-state index contributed by atoms with van der Waals surface area (Å²) in [7, 11) is 1.72. The zero-order valence-corrected chi connectivity index (χ0v) is 16.6. The standard InChI is InChI=1S/C23H27N3O2/c1-17-7-8-21-20(13-17)22(27)14-19(24-21)16-26-11-9-25(10-12-26)15-18-5-3-4-6-23(18)28-2/h3-8,13-14H,9-12,15-16H2,1-2H3,(H,24,27). The van der Waals surface area contributed by atoms with Gasteiger partial charge < -0.3 is 9.72 Å². The molecule has 5 heteroatoms. The van der Waals surface area contributed by atoms with E-state index in [4.69, 9.17) is 4.74 Å². The molecule has 1 fully saturated rings. The number of para-hydroxylation sites is 1. The molecule has 0 spiro atoms. The summed E-state index contributed by atoms with van der Waals surface area (Å²) in [4.78, 5) is 20.8. The Bertz CT molecular complexity index is 1020. The van der Waals surface area contributed by atoms with Crippen LogP contribution in [0.4, 0.5) is 0 Å². The highest BCUT2D eigenvalue weighted by Gasteiger charge is 2.18. The molecule has 1 saturated heterocycles. The van der Waals surface area contributed by atoms with Crippen molar-refractivity contribution in [3.63, 3.8) is 0 Å². The van der Waals surface area contributed by atoms with E-state index in [1.165, 1.54) is 5.56 Å². The molecular formula is C23H27N3O2. The average molecular weight is 377 g/mol. The van der Waals surface area contributed by atoms with E-state index in [1.807, 2.05) is 37.3 Å². The fraction of sp³-hybridized carbons (Fsp3) is 0.348. The van der Waals surface area contributed by atoms with E-state index in [9.17, 15) is 4.79 Å². The molecule has 0 bridgehead atoms. The van der Waals surface area contributed by atoms with Crippen LogP contribution in [0.2, 0.25) is 0 Å². The van der Waals surface area contributed by atoms with E-state index >= 15 is 0 Å². The van der Waals surface area contributed by atoms with Gasteiger partial charge in [-0.3, -0.25) is 14.6 Å². The van der Waals surface area contributed by atoms with Gasteiger partial charge in [0, 0.05) is 67.5 Å². The summed E-state index contributed by atoms with van der Waals surface area (Å²) in [5.41, 5.74) is 4.34. The number of aromatic nitrogens is 1. The highest BCUT2D eigenvalue weighted by Crippen LogP contribution is 2.20. The summed E-state index contributed by atoms with van der Waals surface area (Å²) in [6, 6.07) is 16.0. The molecule has 0 atom stereocenters. The number of aromatic amines is 1. The predicted octanol–water partition coefficient (Wildman–Crippen LogP) is 3.16. The van der Waals surface area contributed by atoms with Gasteiger partial charge in [0.2, 0.25) is 0 Å². The van der Waals surface area contributed by atoms with E-state index in [0.717, 1.165) is 67.2 Å². The number of methoxy groups -OCH3 is 1. The molecule has 146 valence electrons. The number of rotatable bonds is 5. The van der Waals surface area contributed by atoms with Crippen LogP contribution in [0.5, 0.6) is 5.75 Å². The minimum absolute atomic E-state index is 0.0993. The number of nitrogens with zero attached hydrogens (tertiary/aromatic N) is 2. The van der Waals surface area contributed by atoms with Gasteiger partial charge >= 0.3 is 0 Å². The van der Waals surface area contributed by atoms with Crippen molar-refractivity contribution in [2.24, 2.45) is 0 Å². The molecule has 0 unspecified atom stereocenters. The van der Waals surface area contributed by atoms with Crippen LogP contribution in [0, 0.1) is 6.92 Å². The third kappa shape index (κ3) is 4.11. The van der Waals surface area contributed by atoms with Crippen molar-refractivity contribution in [1.29, 1.82) is 0 Å². The molecule has 0 radical (unpaired) electrons. The van der Waals surface area contributed by atoms with Gasteiger partial charge in [0.25, 0.3) is 0 Å². The molecule has 5 nitrogen and oxygen atoms in total. The summed E-state index contributed by atoms with van der Waals surface area (Å²) in [5, 5.41) is 0.769. The van der Waals surface area contributed by atoms with E-state index in [0.29, 0.717) is 0 Å². The number of hydrogen-bond acceptors (Lipinski definition) is 4. The first-order valence-electron chi connectivity index (χ1n) is 9.81. The van der Waals surface area contributed by atoms with Crippen molar-refractivity contribution < 1.29 is 4.74 Å². The first-order chi connectivity index (χ1) is 13.6. The fourth-order valence-corrected chi connectivity index (χ4v) is 3.92. The highest BCUT2D eigenvalue weighted by atomic mass is 16.5. The van der Waals surface area contributed by atoms with Crippen LogP contribution in [0.1, 0.15) is 16.8 Å². The molecule has 4 rings (SSSR count). The number of pyridine rings is 1. The zero-order valence-electron chi connectivity index (χ0n) is 16.6. The highest BCUT2D eigenvalue weighted by molar-refractivity contribution is 5.79. The number of fused-ring (bicyclic) bond motifs is 1. The first-order valence-corrected chi connectivity index (χ1v) is 9.81. The van der Waals surface area contributed by atoms with Crippen molar-refractivity contribution >= 4 is 10.9 Å². The van der Waals surface area contributed by atoms with Crippen molar-refractivity contribution in [1.82, 2.24) is 14.8 Å². The van der Waals surface area contributed by atoms with E-state index < -0.39 is 0 Å². The second-order valence-electron chi connectivity index (χ2n) is 7.57. The Labute approximate surface area is 165 Å². The van der Waals surface area contributed by atoms with Gasteiger partial charge in [-0.25, -0.2) is 0 Å². The summed E-state index contributed by atoms with van der Waals surface area (Å²) in [6.45, 7) is 7.69. The Kier molecular flexibility index (Phi) is 5.46. The van der Waals surface area contributed by atoms with Gasteiger partial charge in [0.05, 0.1) is 7.11 Å². The van der Waals surface area contributed by atoms with Crippen LogP contribution in [0.3, 0.4) is 0 Å². The van der Waals surface area contributed by atoms with Gasteiger partial charge in [-0.1, -0.05) is 29.8 Å². The molecule has 2 heterocycles. The topological polar surface area (TPSA) is 48.6 Å². The molecule has 28 heavy (non-hydrogen) atoms. The Morgan fingerprint density at radius 1 is 0.964 bits per heavy atom. The van der Waals surface area contributed by atoms with Gasteiger partial charge in [-0.05, 0) is 25.1 Å². The Hall–Kier alpha value is -2.63. The van der Waals surface area contributed by atoms with E-state index in [-0.39, 0.29) is 5.43 Å². The van der Waals surface area contributed by atoms with Crippen LogP contribution in [-0.2, 0) is 13.1 Å². The molecule has 1 aromatic heterocycles. The lowest BCUT2D eigenvalue weighted by molar-refractivity contribution is 0.120. The Morgan fingerprint density at radius 3 is 2.43 bits per heavy atom. The van der Waals surface area contributed by atoms with Gasteiger partial charge in [-0.2, -0.15) is 0 Å². The predicted molar refractivity (Wildman–Crippen MR) is 113 cm³/mol. The summed E-state index contributed by atoms with van der Waals surface area (Å²) in [6.07, 6.45) is 0. The number of aryl methyl sites for hydroxylation is 1. The normalized spacial score (nSPS) is 15.8. The smallest absolute Gasteiger partial charge is 0.189 e. The maximum absolute atomic E-state index is 12.5. The molecule has 0 amide bonds. The fourth-order valence-electron chi connectivity index (χ4n) is 3.92. The van der Waals surface area contributed by atoms with E-state index in [1.54, 1.807) is 13.2 Å². The Morgan fingerprint density at radius 2 is 1.68 bits per heavy atom. The molecule has 2 aromatic carbocycles. The Balaban J connectivity index is 1.39. The second kappa shape index (κ2) is 8.17. The molecule has 0 aliphatic carbocycles.